The summed E-state index contributed by atoms with van der Waals surface area (Å²) in [6, 6.07) is 3.83. The first-order valence-electron chi connectivity index (χ1n) is 4.68. The van der Waals surface area contributed by atoms with Crippen LogP contribution < -0.4 is 5.73 Å². The quantitative estimate of drug-likeness (QED) is 0.723. The van der Waals surface area contributed by atoms with E-state index in [0.717, 1.165) is 5.56 Å². The molecule has 1 aromatic rings. The average Bonchev–Trinajstić information content (AvgIpc) is 2.47. The van der Waals surface area contributed by atoms with E-state index in [-0.39, 0.29) is 11.9 Å². The molecule has 4 nitrogen and oxygen atoms in total. The van der Waals surface area contributed by atoms with Crippen molar-refractivity contribution in [3.05, 3.63) is 30.1 Å². The zero-order valence-electron chi connectivity index (χ0n) is 7.89. The Labute approximate surface area is 82.7 Å². The van der Waals surface area contributed by atoms with Gasteiger partial charge in [-0.15, -0.1) is 0 Å². The summed E-state index contributed by atoms with van der Waals surface area (Å²) in [4.78, 5) is 17.2. The summed E-state index contributed by atoms with van der Waals surface area (Å²) in [7, 11) is 0. The molecule has 0 saturated carbocycles. The van der Waals surface area contributed by atoms with E-state index < -0.39 is 0 Å². The third-order valence-electron chi connectivity index (χ3n) is 2.34. The van der Waals surface area contributed by atoms with Crippen LogP contribution in [0, 0.1) is 0 Å². The summed E-state index contributed by atoms with van der Waals surface area (Å²) in [5.41, 5.74) is 6.74. The van der Waals surface area contributed by atoms with Gasteiger partial charge in [-0.25, -0.2) is 0 Å². The van der Waals surface area contributed by atoms with Gasteiger partial charge in [-0.05, 0) is 11.6 Å². The minimum absolute atomic E-state index is 0.000767. The lowest BCUT2D eigenvalue weighted by Gasteiger charge is -2.15. The number of carbonyl (C=O) groups excluding carboxylic acids is 1. The molecule has 1 saturated heterocycles. The molecule has 4 heteroatoms. The van der Waals surface area contributed by atoms with E-state index in [4.69, 9.17) is 5.73 Å². The lowest BCUT2D eigenvalue weighted by atomic mass is 10.3. The van der Waals surface area contributed by atoms with E-state index in [1.54, 1.807) is 17.3 Å². The van der Waals surface area contributed by atoms with E-state index in [9.17, 15) is 4.79 Å². The lowest BCUT2D eigenvalue weighted by molar-refractivity contribution is -0.128. The van der Waals surface area contributed by atoms with Gasteiger partial charge >= 0.3 is 0 Å². The van der Waals surface area contributed by atoms with Gasteiger partial charge in [0.1, 0.15) is 0 Å². The van der Waals surface area contributed by atoms with Crippen LogP contribution in [-0.4, -0.2) is 28.4 Å². The standard InChI is InChI=1S/C10H13N3O/c11-9-4-10(14)13(7-9)6-8-2-1-3-12-5-8/h1-3,5,9H,4,6-7,11H2. The van der Waals surface area contributed by atoms with Gasteiger partial charge in [0.2, 0.25) is 5.91 Å². The van der Waals surface area contributed by atoms with Gasteiger partial charge in [0.05, 0.1) is 0 Å². The fraction of sp³-hybridized carbons (Fsp3) is 0.400. The number of hydrogen-bond donors (Lipinski definition) is 1. The summed E-state index contributed by atoms with van der Waals surface area (Å²) in [6.45, 7) is 1.29. The van der Waals surface area contributed by atoms with Gasteiger partial charge in [-0.1, -0.05) is 6.07 Å². The zero-order valence-corrected chi connectivity index (χ0v) is 7.89. The molecule has 1 unspecified atom stereocenters. The Kier molecular flexibility index (Phi) is 2.45. The number of aromatic nitrogens is 1. The highest BCUT2D eigenvalue weighted by Crippen LogP contribution is 2.12. The summed E-state index contributed by atoms with van der Waals surface area (Å²) in [5.74, 6) is 0.140. The monoisotopic (exact) mass is 191 g/mol. The Hall–Kier alpha value is -1.42. The Morgan fingerprint density at radius 3 is 3.07 bits per heavy atom. The van der Waals surface area contributed by atoms with Crippen LogP contribution in [0.3, 0.4) is 0 Å². The number of nitrogens with zero attached hydrogens (tertiary/aromatic N) is 2. The molecular formula is C10H13N3O. The second-order valence-corrected chi connectivity index (χ2v) is 3.60. The van der Waals surface area contributed by atoms with Crippen molar-refractivity contribution >= 4 is 5.91 Å². The molecule has 0 spiro atoms. The normalized spacial score (nSPS) is 21.6. The van der Waals surface area contributed by atoms with E-state index in [1.807, 2.05) is 12.1 Å². The first-order valence-corrected chi connectivity index (χ1v) is 4.68. The fourth-order valence-corrected chi connectivity index (χ4v) is 1.67. The smallest absolute Gasteiger partial charge is 0.224 e. The van der Waals surface area contributed by atoms with E-state index in [0.29, 0.717) is 19.5 Å². The first kappa shape index (κ1) is 9.15. The molecule has 2 rings (SSSR count). The Morgan fingerprint density at radius 2 is 2.50 bits per heavy atom. The maximum atomic E-state index is 11.4. The van der Waals surface area contributed by atoms with Crippen molar-refractivity contribution in [2.24, 2.45) is 5.73 Å². The van der Waals surface area contributed by atoms with Crippen LogP contribution in [0.25, 0.3) is 0 Å². The Balaban J connectivity index is 2.02. The minimum atomic E-state index is -0.000767. The number of likely N-dealkylation sites (tertiary alicyclic amines) is 1. The van der Waals surface area contributed by atoms with Crippen LogP contribution in [-0.2, 0) is 11.3 Å². The Morgan fingerprint density at radius 1 is 1.64 bits per heavy atom. The SMILES string of the molecule is NC1CC(=O)N(Cc2cccnc2)C1. The van der Waals surface area contributed by atoms with Gasteiger partial charge in [-0.3, -0.25) is 9.78 Å². The molecular weight excluding hydrogens is 178 g/mol. The maximum Gasteiger partial charge on any atom is 0.224 e. The molecule has 0 radical (unpaired) electrons. The molecule has 74 valence electrons. The van der Waals surface area contributed by atoms with E-state index in [2.05, 4.69) is 4.98 Å². The third kappa shape index (κ3) is 1.90. The molecule has 2 heterocycles. The van der Waals surface area contributed by atoms with Crippen molar-refractivity contribution in [3.63, 3.8) is 0 Å². The van der Waals surface area contributed by atoms with Crippen molar-refractivity contribution in [3.8, 4) is 0 Å². The van der Waals surface area contributed by atoms with Crippen molar-refractivity contribution in [2.75, 3.05) is 6.54 Å². The molecule has 2 N–H and O–H groups in total. The van der Waals surface area contributed by atoms with Gasteiger partial charge in [-0.2, -0.15) is 0 Å². The van der Waals surface area contributed by atoms with Crippen LogP contribution in [0.5, 0.6) is 0 Å². The van der Waals surface area contributed by atoms with Crippen LogP contribution in [0.2, 0.25) is 0 Å². The molecule has 1 aromatic heterocycles. The predicted octanol–water partition coefficient (Wildman–Crippen LogP) is 0.141. The number of amides is 1. The van der Waals surface area contributed by atoms with Crippen molar-refractivity contribution in [1.29, 1.82) is 0 Å². The molecule has 1 aliphatic rings. The number of pyridine rings is 1. The van der Waals surface area contributed by atoms with Gasteiger partial charge in [0, 0.05) is 37.9 Å². The van der Waals surface area contributed by atoms with Crippen LogP contribution >= 0.6 is 0 Å². The van der Waals surface area contributed by atoms with Gasteiger partial charge < -0.3 is 10.6 Å². The van der Waals surface area contributed by atoms with Crippen LogP contribution in [0.4, 0.5) is 0 Å². The highest BCUT2D eigenvalue weighted by molar-refractivity contribution is 5.79. The summed E-state index contributed by atoms with van der Waals surface area (Å²) in [5, 5.41) is 0. The molecule has 0 bridgehead atoms. The predicted molar refractivity (Wildman–Crippen MR) is 52.2 cm³/mol. The molecule has 1 atom stereocenters. The van der Waals surface area contributed by atoms with Crippen LogP contribution in [0.1, 0.15) is 12.0 Å². The van der Waals surface area contributed by atoms with E-state index in [1.165, 1.54) is 0 Å². The summed E-state index contributed by atoms with van der Waals surface area (Å²) >= 11 is 0. The second kappa shape index (κ2) is 3.75. The minimum Gasteiger partial charge on any atom is -0.337 e. The molecule has 1 aliphatic heterocycles. The largest absolute Gasteiger partial charge is 0.337 e. The van der Waals surface area contributed by atoms with Crippen molar-refractivity contribution in [1.82, 2.24) is 9.88 Å². The number of rotatable bonds is 2. The molecule has 14 heavy (non-hydrogen) atoms. The van der Waals surface area contributed by atoms with Crippen LogP contribution in [0.15, 0.2) is 24.5 Å². The first-order chi connectivity index (χ1) is 6.75. The number of hydrogen-bond acceptors (Lipinski definition) is 3. The molecule has 0 aromatic carbocycles. The lowest BCUT2D eigenvalue weighted by Crippen LogP contribution is -2.27. The maximum absolute atomic E-state index is 11.4. The second-order valence-electron chi connectivity index (χ2n) is 3.60. The summed E-state index contributed by atoms with van der Waals surface area (Å²) in [6.07, 6.45) is 3.97. The average molecular weight is 191 g/mol. The Bertz CT molecular complexity index is 325. The molecule has 0 aliphatic carbocycles. The number of carbonyl (C=O) groups is 1. The van der Waals surface area contributed by atoms with E-state index >= 15 is 0 Å². The fourth-order valence-electron chi connectivity index (χ4n) is 1.67. The zero-order chi connectivity index (χ0) is 9.97. The van der Waals surface area contributed by atoms with Crippen molar-refractivity contribution < 1.29 is 4.79 Å². The van der Waals surface area contributed by atoms with Gasteiger partial charge in [0.15, 0.2) is 0 Å². The molecule has 1 fully saturated rings. The third-order valence-corrected chi connectivity index (χ3v) is 2.34. The highest BCUT2D eigenvalue weighted by atomic mass is 16.2. The highest BCUT2D eigenvalue weighted by Gasteiger charge is 2.26. The molecule has 1 amide bonds. The van der Waals surface area contributed by atoms with Crippen molar-refractivity contribution in [2.45, 2.75) is 19.0 Å². The topological polar surface area (TPSA) is 59.2 Å². The summed E-state index contributed by atoms with van der Waals surface area (Å²) < 4.78 is 0. The van der Waals surface area contributed by atoms with Gasteiger partial charge in [0.25, 0.3) is 0 Å². The number of nitrogens with two attached hydrogens (primary N) is 1.